The number of aromatic nitrogens is 2. The molecule has 2 amide bonds. The lowest BCUT2D eigenvalue weighted by atomic mass is 10.0. The summed E-state index contributed by atoms with van der Waals surface area (Å²) in [6.07, 6.45) is -0.0533. The quantitative estimate of drug-likeness (QED) is 0.902. The van der Waals surface area contributed by atoms with Gasteiger partial charge in [-0.15, -0.1) is 0 Å². The first kappa shape index (κ1) is 15.1. The Morgan fingerprint density at radius 3 is 2.83 bits per heavy atom. The van der Waals surface area contributed by atoms with E-state index in [0.717, 1.165) is 0 Å². The summed E-state index contributed by atoms with van der Waals surface area (Å²) >= 11 is 0. The van der Waals surface area contributed by atoms with Crippen LogP contribution in [0, 0.1) is 12.7 Å². The minimum absolute atomic E-state index is 0.0533. The van der Waals surface area contributed by atoms with Gasteiger partial charge in [-0.05, 0) is 17.7 Å². The summed E-state index contributed by atoms with van der Waals surface area (Å²) in [7, 11) is 0. The maximum atomic E-state index is 13.1. The summed E-state index contributed by atoms with van der Waals surface area (Å²) in [5.41, 5.74) is 0.557. The van der Waals surface area contributed by atoms with Crippen LogP contribution >= 0.6 is 0 Å². The molecule has 0 saturated carbocycles. The third-order valence-corrected chi connectivity index (χ3v) is 3.60. The Morgan fingerprint density at radius 1 is 1.43 bits per heavy atom. The summed E-state index contributed by atoms with van der Waals surface area (Å²) in [6, 6.07) is 4.75. The van der Waals surface area contributed by atoms with Crippen LogP contribution in [0.15, 0.2) is 28.8 Å². The molecule has 0 spiro atoms. The van der Waals surface area contributed by atoms with E-state index in [1.807, 2.05) is 0 Å². The van der Waals surface area contributed by atoms with Crippen molar-refractivity contribution in [1.29, 1.82) is 0 Å². The number of benzene rings is 1. The van der Waals surface area contributed by atoms with E-state index in [1.165, 1.54) is 29.2 Å². The van der Waals surface area contributed by atoms with Gasteiger partial charge in [-0.25, -0.2) is 4.39 Å². The largest absolute Gasteiger partial charge is 0.352 e. The summed E-state index contributed by atoms with van der Waals surface area (Å²) in [6.45, 7) is 2.37. The number of rotatable bonds is 3. The molecule has 0 bridgehead atoms. The third-order valence-electron chi connectivity index (χ3n) is 3.60. The lowest BCUT2D eigenvalue weighted by Gasteiger charge is -2.35. The molecule has 7 nitrogen and oxygen atoms in total. The second kappa shape index (κ2) is 6.15. The van der Waals surface area contributed by atoms with Crippen LogP contribution in [0.1, 0.15) is 23.3 Å². The van der Waals surface area contributed by atoms with Crippen LogP contribution in [0.25, 0.3) is 0 Å². The lowest BCUT2D eigenvalue weighted by molar-refractivity contribution is -0.143. The van der Waals surface area contributed by atoms with Gasteiger partial charge in [-0.1, -0.05) is 17.3 Å². The fourth-order valence-corrected chi connectivity index (χ4v) is 2.56. The number of halogens is 1. The van der Waals surface area contributed by atoms with Gasteiger partial charge in [0, 0.05) is 20.0 Å². The Hall–Kier alpha value is -2.77. The summed E-state index contributed by atoms with van der Waals surface area (Å²) < 4.78 is 17.9. The molecule has 1 aliphatic rings. The first-order valence-corrected chi connectivity index (χ1v) is 7.16. The van der Waals surface area contributed by atoms with Gasteiger partial charge in [0.25, 0.3) is 0 Å². The molecule has 1 aromatic carbocycles. The molecule has 1 N–H and O–H groups in total. The third kappa shape index (κ3) is 3.20. The van der Waals surface area contributed by atoms with Crippen LogP contribution < -0.4 is 5.32 Å². The van der Waals surface area contributed by atoms with Crippen molar-refractivity contribution in [3.05, 3.63) is 47.4 Å². The van der Waals surface area contributed by atoms with Crippen molar-refractivity contribution in [2.75, 3.05) is 13.1 Å². The number of carbonyl (C=O) groups is 2. The van der Waals surface area contributed by atoms with E-state index >= 15 is 0 Å². The van der Waals surface area contributed by atoms with E-state index in [2.05, 4.69) is 15.5 Å². The highest BCUT2D eigenvalue weighted by Gasteiger charge is 2.34. The second-order valence-electron chi connectivity index (χ2n) is 5.24. The SMILES string of the molecule is Cc1nc(CC(=O)N2CCNC(=O)C2c2ccc(F)cc2)no1. The summed E-state index contributed by atoms with van der Waals surface area (Å²) in [5, 5.41) is 6.42. The molecule has 1 aliphatic heterocycles. The number of amides is 2. The summed E-state index contributed by atoms with van der Waals surface area (Å²) in [5.74, 6) is -0.323. The van der Waals surface area contributed by atoms with Crippen LogP contribution in [0.2, 0.25) is 0 Å². The standard InChI is InChI=1S/C15H15FN4O3/c1-9-18-12(19-23-9)8-13(21)20-7-6-17-15(22)14(20)10-2-4-11(16)5-3-10/h2-5,14H,6-8H2,1H3,(H,17,22). The van der Waals surface area contributed by atoms with Crippen LogP contribution in [-0.2, 0) is 16.0 Å². The Bertz CT molecular complexity index is 729. The molecule has 1 aromatic heterocycles. The van der Waals surface area contributed by atoms with Crippen molar-refractivity contribution in [1.82, 2.24) is 20.4 Å². The molecule has 3 rings (SSSR count). The average Bonchev–Trinajstić information content (AvgIpc) is 2.93. The number of nitrogens with zero attached hydrogens (tertiary/aromatic N) is 3. The van der Waals surface area contributed by atoms with Gasteiger partial charge in [0.1, 0.15) is 11.9 Å². The molecule has 120 valence electrons. The number of nitrogens with one attached hydrogen (secondary N) is 1. The van der Waals surface area contributed by atoms with Gasteiger partial charge in [-0.3, -0.25) is 9.59 Å². The number of aryl methyl sites for hydroxylation is 1. The van der Waals surface area contributed by atoms with Crippen LogP contribution in [0.4, 0.5) is 4.39 Å². The molecular formula is C15H15FN4O3. The molecule has 1 saturated heterocycles. The first-order chi connectivity index (χ1) is 11.0. The monoisotopic (exact) mass is 318 g/mol. The van der Waals surface area contributed by atoms with E-state index in [-0.39, 0.29) is 24.1 Å². The van der Waals surface area contributed by atoms with Crippen LogP contribution in [0.5, 0.6) is 0 Å². The van der Waals surface area contributed by atoms with Gasteiger partial charge in [0.15, 0.2) is 5.82 Å². The number of hydrogen-bond acceptors (Lipinski definition) is 5. The van der Waals surface area contributed by atoms with Crippen molar-refractivity contribution < 1.29 is 18.5 Å². The van der Waals surface area contributed by atoms with Crippen molar-refractivity contribution in [3.8, 4) is 0 Å². The highest BCUT2D eigenvalue weighted by molar-refractivity contribution is 5.90. The molecule has 23 heavy (non-hydrogen) atoms. The van der Waals surface area contributed by atoms with Gasteiger partial charge in [0.05, 0.1) is 6.42 Å². The zero-order valence-corrected chi connectivity index (χ0v) is 12.5. The molecule has 0 radical (unpaired) electrons. The van der Waals surface area contributed by atoms with Crippen molar-refractivity contribution in [2.45, 2.75) is 19.4 Å². The Kier molecular flexibility index (Phi) is 4.05. The van der Waals surface area contributed by atoms with Gasteiger partial charge < -0.3 is 14.7 Å². The lowest BCUT2D eigenvalue weighted by Crippen LogP contribution is -2.52. The Morgan fingerprint density at radius 2 is 2.17 bits per heavy atom. The summed E-state index contributed by atoms with van der Waals surface area (Å²) in [4.78, 5) is 30.2. The highest BCUT2D eigenvalue weighted by atomic mass is 19.1. The van der Waals surface area contributed by atoms with Gasteiger partial charge in [0.2, 0.25) is 17.7 Å². The molecule has 1 fully saturated rings. The van der Waals surface area contributed by atoms with Crippen molar-refractivity contribution in [2.24, 2.45) is 0 Å². The van der Waals surface area contributed by atoms with Gasteiger partial charge >= 0.3 is 0 Å². The first-order valence-electron chi connectivity index (χ1n) is 7.16. The van der Waals surface area contributed by atoms with Crippen molar-refractivity contribution >= 4 is 11.8 Å². The van der Waals surface area contributed by atoms with E-state index < -0.39 is 11.9 Å². The highest BCUT2D eigenvalue weighted by Crippen LogP contribution is 2.24. The Balaban J connectivity index is 1.83. The van der Waals surface area contributed by atoms with Crippen molar-refractivity contribution in [3.63, 3.8) is 0 Å². The maximum absolute atomic E-state index is 13.1. The molecule has 1 atom stereocenters. The Labute approximate surface area is 131 Å². The molecule has 2 heterocycles. The molecule has 1 unspecified atom stereocenters. The van der Waals surface area contributed by atoms with E-state index in [0.29, 0.717) is 24.5 Å². The predicted octanol–water partition coefficient (Wildman–Crippen LogP) is 0.759. The maximum Gasteiger partial charge on any atom is 0.247 e. The minimum atomic E-state index is -0.787. The fourth-order valence-electron chi connectivity index (χ4n) is 2.56. The fraction of sp³-hybridized carbons (Fsp3) is 0.333. The zero-order chi connectivity index (χ0) is 16.4. The van der Waals surface area contributed by atoms with Crippen LogP contribution in [-0.4, -0.2) is 39.9 Å². The second-order valence-corrected chi connectivity index (χ2v) is 5.24. The average molecular weight is 318 g/mol. The molecule has 8 heteroatoms. The van der Waals surface area contributed by atoms with Gasteiger partial charge in [-0.2, -0.15) is 4.98 Å². The smallest absolute Gasteiger partial charge is 0.247 e. The predicted molar refractivity (Wildman–Crippen MR) is 76.6 cm³/mol. The van der Waals surface area contributed by atoms with Crippen LogP contribution in [0.3, 0.4) is 0 Å². The van der Waals surface area contributed by atoms with E-state index in [4.69, 9.17) is 4.52 Å². The number of carbonyl (C=O) groups excluding carboxylic acids is 2. The van der Waals surface area contributed by atoms with E-state index in [1.54, 1.807) is 6.92 Å². The van der Waals surface area contributed by atoms with E-state index in [9.17, 15) is 14.0 Å². The number of piperazine rings is 1. The normalized spacial score (nSPS) is 17.9. The zero-order valence-electron chi connectivity index (χ0n) is 12.5. The number of hydrogen-bond donors (Lipinski definition) is 1. The molecular weight excluding hydrogens is 303 g/mol. The molecule has 2 aromatic rings. The minimum Gasteiger partial charge on any atom is -0.352 e. The molecule has 0 aliphatic carbocycles. The topological polar surface area (TPSA) is 88.3 Å².